The van der Waals surface area contributed by atoms with E-state index in [2.05, 4.69) is 46.8 Å². The fourth-order valence-electron chi connectivity index (χ4n) is 6.53. The van der Waals surface area contributed by atoms with Crippen molar-refractivity contribution in [3.05, 3.63) is 48.5 Å². The van der Waals surface area contributed by atoms with Crippen LogP contribution in [0.3, 0.4) is 0 Å². The minimum absolute atomic E-state index is 0.0808. The van der Waals surface area contributed by atoms with E-state index in [4.69, 9.17) is 0 Å². The molecule has 4 saturated carbocycles. The molecule has 4 aliphatic carbocycles. The van der Waals surface area contributed by atoms with Crippen molar-refractivity contribution in [1.29, 1.82) is 0 Å². The van der Waals surface area contributed by atoms with Gasteiger partial charge in [0.25, 0.3) is 0 Å². The van der Waals surface area contributed by atoms with Crippen LogP contribution in [0.15, 0.2) is 43.0 Å². The molecule has 0 aliphatic heterocycles. The number of hydrogen-bond donors (Lipinski definition) is 2. The third-order valence-corrected chi connectivity index (χ3v) is 7.52. The molecule has 1 heterocycles. The van der Waals surface area contributed by atoms with Crippen molar-refractivity contribution < 1.29 is 4.79 Å². The highest BCUT2D eigenvalue weighted by atomic mass is 16.2. The molecule has 1 amide bonds. The number of aromatic nitrogens is 2. The van der Waals surface area contributed by atoms with E-state index in [0.29, 0.717) is 0 Å². The van der Waals surface area contributed by atoms with Crippen LogP contribution >= 0.6 is 0 Å². The molecule has 4 bridgehead atoms. The summed E-state index contributed by atoms with van der Waals surface area (Å²) in [6, 6.07) is 8.34. The maximum Gasteiger partial charge on any atom is 0.237 e. The summed E-state index contributed by atoms with van der Waals surface area (Å²) >= 11 is 0. The molecule has 0 radical (unpaired) electrons. The highest BCUT2D eigenvalue weighted by molar-refractivity contribution is 5.82. The zero-order valence-corrected chi connectivity index (χ0v) is 17.5. The van der Waals surface area contributed by atoms with E-state index in [0.717, 1.165) is 23.4 Å². The van der Waals surface area contributed by atoms with Gasteiger partial charge in [0.05, 0.1) is 12.4 Å². The van der Waals surface area contributed by atoms with Crippen molar-refractivity contribution in [2.45, 2.75) is 70.0 Å². The fraction of sp³-hybridized carbons (Fsp3) is 0.583. The minimum atomic E-state index is -0.202. The number of rotatable bonds is 6. The quantitative estimate of drug-likeness (QED) is 0.781. The number of nitrogens with zero attached hydrogens (tertiary/aromatic N) is 2. The van der Waals surface area contributed by atoms with Gasteiger partial charge in [0.2, 0.25) is 5.91 Å². The van der Waals surface area contributed by atoms with E-state index in [-0.39, 0.29) is 23.5 Å². The van der Waals surface area contributed by atoms with Crippen LogP contribution in [-0.2, 0) is 4.79 Å². The van der Waals surface area contributed by atoms with Gasteiger partial charge in [0, 0.05) is 29.7 Å². The summed E-state index contributed by atoms with van der Waals surface area (Å²) in [7, 11) is 0. The van der Waals surface area contributed by atoms with E-state index in [1.54, 1.807) is 12.5 Å². The second-order valence-electron chi connectivity index (χ2n) is 9.86. The zero-order valence-electron chi connectivity index (χ0n) is 17.5. The van der Waals surface area contributed by atoms with Crippen LogP contribution in [0, 0.1) is 17.8 Å². The Morgan fingerprint density at radius 2 is 1.69 bits per heavy atom. The monoisotopic (exact) mass is 392 g/mol. The smallest absolute Gasteiger partial charge is 0.237 e. The average Bonchev–Trinajstić information content (AvgIpc) is 3.21. The molecule has 29 heavy (non-hydrogen) atoms. The summed E-state index contributed by atoms with van der Waals surface area (Å²) in [5.41, 5.74) is 2.35. The lowest BCUT2D eigenvalue weighted by atomic mass is 9.53. The number of nitrogens with one attached hydrogen (secondary N) is 2. The molecule has 5 heteroatoms. The Bertz CT molecular complexity index is 822. The predicted molar refractivity (Wildman–Crippen MR) is 114 cm³/mol. The van der Waals surface area contributed by atoms with E-state index < -0.39 is 0 Å². The van der Waals surface area contributed by atoms with Crippen molar-refractivity contribution in [1.82, 2.24) is 20.2 Å². The van der Waals surface area contributed by atoms with E-state index >= 15 is 0 Å². The van der Waals surface area contributed by atoms with Crippen molar-refractivity contribution in [2.24, 2.45) is 17.8 Å². The molecule has 0 saturated heterocycles. The van der Waals surface area contributed by atoms with Gasteiger partial charge in [-0.15, -0.1) is 0 Å². The van der Waals surface area contributed by atoms with Crippen molar-refractivity contribution in [3.63, 3.8) is 0 Å². The molecule has 2 unspecified atom stereocenters. The number of benzene rings is 1. The van der Waals surface area contributed by atoms with Gasteiger partial charge in [0.1, 0.15) is 0 Å². The molecule has 1 aromatic carbocycles. The predicted octanol–water partition coefficient (Wildman–Crippen LogP) is 4.00. The molecular weight excluding hydrogens is 360 g/mol. The molecule has 2 N–H and O–H groups in total. The van der Waals surface area contributed by atoms with Gasteiger partial charge in [-0.25, -0.2) is 4.98 Å². The van der Waals surface area contributed by atoms with Gasteiger partial charge >= 0.3 is 0 Å². The largest absolute Gasteiger partial charge is 0.349 e. The first-order chi connectivity index (χ1) is 14.0. The van der Waals surface area contributed by atoms with Crippen LogP contribution in [0.1, 0.15) is 64.0 Å². The molecule has 6 rings (SSSR count). The third kappa shape index (κ3) is 3.73. The van der Waals surface area contributed by atoms with Crippen molar-refractivity contribution in [3.8, 4) is 5.69 Å². The van der Waals surface area contributed by atoms with Crippen LogP contribution in [0.2, 0.25) is 0 Å². The second-order valence-corrected chi connectivity index (χ2v) is 9.86. The SMILES string of the molecule is CC(NC(C)c1ccc(-n2ccnc2)cc1)C(=O)NC12CC3CC(CC(C3)C1)C2. The minimum Gasteiger partial charge on any atom is -0.349 e. The molecule has 1 aromatic heterocycles. The Kier molecular flexibility index (Phi) is 4.73. The Hall–Kier alpha value is -2.14. The molecule has 4 fully saturated rings. The van der Waals surface area contributed by atoms with Crippen LogP contribution in [0.5, 0.6) is 0 Å². The zero-order chi connectivity index (χ0) is 20.0. The molecule has 0 spiro atoms. The van der Waals surface area contributed by atoms with Crippen LogP contribution in [0.4, 0.5) is 0 Å². The van der Waals surface area contributed by atoms with Gasteiger partial charge < -0.3 is 9.88 Å². The van der Waals surface area contributed by atoms with Gasteiger partial charge in [-0.3, -0.25) is 10.1 Å². The normalized spacial score (nSPS) is 32.1. The Morgan fingerprint density at radius 1 is 1.07 bits per heavy atom. The van der Waals surface area contributed by atoms with Gasteiger partial charge in [-0.05, 0) is 87.8 Å². The molecule has 4 aliphatic rings. The summed E-state index contributed by atoms with van der Waals surface area (Å²) in [6.45, 7) is 4.12. The lowest BCUT2D eigenvalue weighted by Crippen LogP contribution is -2.62. The lowest BCUT2D eigenvalue weighted by molar-refractivity contribution is -0.128. The molecular formula is C24H32N4O. The number of imidazole rings is 1. The standard InChI is InChI=1S/C24H32N4O/c1-16(21-3-5-22(6-4-21)28-8-7-25-15-28)26-17(2)23(29)27-24-12-18-9-19(13-24)11-20(10-18)14-24/h3-8,15-20,26H,9-14H2,1-2H3,(H,27,29). The summed E-state index contributed by atoms with van der Waals surface area (Å²) in [4.78, 5) is 17.1. The highest BCUT2D eigenvalue weighted by Gasteiger charge is 2.51. The van der Waals surface area contributed by atoms with Crippen molar-refractivity contribution >= 4 is 5.91 Å². The van der Waals surface area contributed by atoms with E-state index in [1.165, 1.54) is 44.1 Å². The Balaban J connectivity index is 1.20. The summed E-state index contributed by atoms with van der Waals surface area (Å²) in [5, 5.41) is 7.00. The Morgan fingerprint density at radius 3 is 2.24 bits per heavy atom. The van der Waals surface area contributed by atoms with Gasteiger partial charge in [0.15, 0.2) is 0 Å². The van der Waals surface area contributed by atoms with Gasteiger partial charge in [-0.2, -0.15) is 0 Å². The topological polar surface area (TPSA) is 59.0 Å². The summed E-state index contributed by atoms with van der Waals surface area (Å²) in [5.74, 6) is 2.70. The van der Waals surface area contributed by atoms with E-state index in [9.17, 15) is 4.79 Å². The lowest BCUT2D eigenvalue weighted by Gasteiger charge is -2.57. The fourth-order valence-corrected chi connectivity index (χ4v) is 6.53. The number of hydrogen-bond acceptors (Lipinski definition) is 3. The summed E-state index contributed by atoms with van der Waals surface area (Å²) in [6.07, 6.45) is 13.3. The first kappa shape index (κ1) is 18.9. The maximum atomic E-state index is 13.0. The van der Waals surface area contributed by atoms with Gasteiger partial charge in [-0.1, -0.05) is 12.1 Å². The third-order valence-electron chi connectivity index (χ3n) is 7.52. The Labute approximate surface area is 173 Å². The number of carbonyl (C=O) groups excluding carboxylic acids is 1. The van der Waals surface area contributed by atoms with Crippen molar-refractivity contribution in [2.75, 3.05) is 0 Å². The number of carbonyl (C=O) groups is 1. The molecule has 154 valence electrons. The van der Waals surface area contributed by atoms with Crippen LogP contribution < -0.4 is 10.6 Å². The highest BCUT2D eigenvalue weighted by Crippen LogP contribution is 2.55. The molecule has 5 nitrogen and oxygen atoms in total. The van der Waals surface area contributed by atoms with E-state index in [1.807, 2.05) is 17.7 Å². The first-order valence-corrected chi connectivity index (χ1v) is 11.2. The maximum absolute atomic E-state index is 13.0. The van der Waals surface area contributed by atoms with Crippen LogP contribution in [-0.4, -0.2) is 27.0 Å². The van der Waals surface area contributed by atoms with Crippen LogP contribution in [0.25, 0.3) is 5.69 Å². The average molecular weight is 393 g/mol. The summed E-state index contributed by atoms with van der Waals surface area (Å²) < 4.78 is 1.99. The first-order valence-electron chi connectivity index (χ1n) is 11.2. The molecule has 2 atom stereocenters. The second kappa shape index (κ2) is 7.28. The molecule has 2 aromatic rings. The number of amides is 1.